The monoisotopic (exact) mass is 246 g/mol. The maximum Gasteiger partial charge on any atom is 0.223 e. The molecule has 1 fully saturated rings. The van der Waals surface area contributed by atoms with Gasteiger partial charge in [-0.25, -0.2) is 0 Å². The fraction of sp³-hybridized carbons (Fsp3) is 0.533. The van der Waals surface area contributed by atoms with Crippen molar-refractivity contribution in [1.29, 1.82) is 0 Å². The third kappa shape index (κ3) is 2.91. The lowest BCUT2D eigenvalue weighted by atomic mass is 10.0. The zero-order chi connectivity index (χ0) is 13.0. The van der Waals surface area contributed by atoms with Gasteiger partial charge in [-0.05, 0) is 30.9 Å². The molecule has 0 aromatic heterocycles. The van der Waals surface area contributed by atoms with E-state index in [1.165, 1.54) is 12.0 Å². The second-order valence-electron chi connectivity index (χ2n) is 5.02. The molecular weight excluding hydrogens is 224 g/mol. The molecule has 18 heavy (non-hydrogen) atoms. The molecule has 3 heteroatoms. The molecule has 1 aromatic rings. The summed E-state index contributed by atoms with van der Waals surface area (Å²) >= 11 is 0. The Morgan fingerprint density at radius 3 is 2.61 bits per heavy atom. The molecule has 1 amide bonds. The number of hydrogen-bond acceptors (Lipinski definition) is 2. The molecule has 0 bridgehead atoms. The van der Waals surface area contributed by atoms with Gasteiger partial charge >= 0.3 is 0 Å². The number of nitrogens with zero attached hydrogens (tertiary/aromatic N) is 1. The predicted octanol–water partition coefficient (Wildman–Crippen LogP) is 2.61. The van der Waals surface area contributed by atoms with Crippen LogP contribution in [0.4, 0.5) is 0 Å². The quantitative estimate of drug-likeness (QED) is 0.891. The zero-order valence-corrected chi connectivity index (χ0v) is 11.1. The molecule has 0 radical (unpaired) electrons. The molecule has 0 spiro atoms. The summed E-state index contributed by atoms with van der Waals surface area (Å²) in [4.78, 5) is 14.1. The number of benzene rings is 1. The highest BCUT2D eigenvalue weighted by molar-refractivity contribution is 5.76. The molecule has 2 N–H and O–H groups in total. The van der Waals surface area contributed by atoms with Crippen molar-refractivity contribution in [2.75, 3.05) is 6.54 Å². The lowest BCUT2D eigenvalue weighted by Gasteiger charge is -2.28. The summed E-state index contributed by atoms with van der Waals surface area (Å²) < 4.78 is 0. The van der Waals surface area contributed by atoms with Gasteiger partial charge in [0.15, 0.2) is 0 Å². The van der Waals surface area contributed by atoms with Crippen molar-refractivity contribution in [2.24, 2.45) is 5.73 Å². The first-order valence-electron chi connectivity index (χ1n) is 6.80. The third-order valence-corrected chi connectivity index (χ3v) is 3.78. The van der Waals surface area contributed by atoms with E-state index in [-0.39, 0.29) is 6.04 Å². The van der Waals surface area contributed by atoms with Gasteiger partial charge in [-0.3, -0.25) is 4.79 Å². The Kier molecular flexibility index (Phi) is 4.37. The largest absolute Gasteiger partial charge is 0.336 e. The van der Waals surface area contributed by atoms with E-state index >= 15 is 0 Å². The summed E-state index contributed by atoms with van der Waals surface area (Å²) in [6.07, 6.45) is 4.03. The van der Waals surface area contributed by atoms with Crippen molar-refractivity contribution in [3.8, 4) is 0 Å². The molecule has 98 valence electrons. The first-order valence-corrected chi connectivity index (χ1v) is 6.80. The van der Waals surface area contributed by atoms with Crippen LogP contribution in [0.1, 0.15) is 49.8 Å². The lowest BCUT2D eigenvalue weighted by molar-refractivity contribution is -0.132. The molecule has 1 aliphatic rings. The Hall–Kier alpha value is -1.35. The number of amides is 1. The second-order valence-corrected chi connectivity index (χ2v) is 5.02. The van der Waals surface area contributed by atoms with Gasteiger partial charge in [-0.15, -0.1) is 0 Å². The van der Waals surface area contributed by atoms with E-state index in [9.17, 15) is 4.79 Å². The van der Waals surface area contributed by atoms with Crippen LogP contribution in [0.25, 0.3) is 0 Å². The van der Waals surface area contributed by atoms with E-state index in [4.69, 9.17) is 5.73 Å². The number of nitrogens with two attached hydrogens (primary N) is 1. The van der Waals surface area contributed by atoms with Crippen molar-refractivity contribution >= 4 is 5.91 Å². The van der Waals surface area contributed by atoms with Crippen molar-refractivity contribution in [3.63, 3.8) is 0 Å². The summed E-state index contributed by atoms with van der Waals surface area (Å²) in [5.74, 6) is 0.294. The van der Waals surface area contributed by atoms with E-state index in [0.717, 1.165) is 24.9 Å². The Labute approximate surface area is 109 Å². The maximum absolute atomic E-state index is 12.1. The first-order chi connectivity index (χ1) is 8.72. The van der Waals surface area contributed by atoms with Crippen LogP contribution >= 0.6 is 0 Å². The van der Waals surface area contributed by atoms with Crippen molar-refractivity contribution in [1.82, 2.24) is 4.90 Å². The van der Waals surface area contributed by atoms with E-state index < -0.39 is 0 Å². The van der Waals surface area contributed by atoms with E-state index in [2.05, 4.69) is 19.1 Å². The Morgan fingerprint density at radius 1 is 1.22 bits per heavy atom. The van der Waals surface area contributed by atoms with Crippen LogP contribution in [-0.2, 0) is 11.3 Å². The molecule has 1 saturated heterocycles. The van der Waals surface area contributed by atoms with Crippen LogP contribution in [0.2, 0.25) is 0 Å². The minimum atomic E-state index is 0.169. The molecule has 2 rings (SSSR count). The van der Waals surface area contributed by atoms with Gasteiger partial charge in [0.1, 0.15) is 0 Å². The van der Waals surface area contributed by atoms with Crippen molar-refractivity contribution in [3.05, 3.63) is 35.4 Å². The molecule has 1 aliphatic heterocycles. The van der Waals surface area contributed by atoms with Gasteiger partial charge in [0.05, 0.1) is 6.04 Å². The maximum atomic E-state index is 12.1. The van der Waals surface area contributed by atoms with Gasteiger partial charge < -0.3 is 10.6 Å². The summed E-state index contributed by atoms with van der Waals surface area (Å²) in [6, 6.07) is 8.45. The van der Waals surface area contributed by atoms with E-state index in [1.54, 1.807) is 0 Å². The first kappa shape index (κ1) is 13.1. The Balaban J connectivity index is 2.12. The molecule has 1 heterocycles. The van der Waals surface area contributed by atoms with Crippen LogP contribution in [0.15, 0.2) is 24.3 Å². The Morgan fingerprint density at radius 2 is 1.94 bits per heavy atom. The van der Waals surface area contributed by atoms with Crippen LogP contribution in [-0.4, -0.2) is 17.4 Å². The molecule has 1 unspecified atom stereocenters. The fourth-order valence-electron chi connectivity index (χ4n) is 2.53. The van der Waals surface area contributed by atoms with Crippen LogP contribution < -0.4 is 5.73 Å². The fourth-order valence-corrected chi connectivity index (χ4v) is 2.53. The number of rotatable bonds is 3. The van der Waals surface area contributed by atoms with E-state index in [0.29, 0.717) is 18.9 Å². The zero-order valence-electron chi connectivity index (χ0n) is 11.1. The lowest BCUT2D eigenvalue weighted by Crippen LogP contribution is -2.32. The molecular formula is C15H22N2O. The molecule has 0 saturated carbocycles. The van der Waals surface area contributed by atoms with Crippen molar-refractivity contribution in [2.45, 2.75) is 45.2 Å². The van der Waals surface area contributed by atoms with E-state index in [1.807, 2.05) is 17.0 Å². The molecule has 0 aliphatic carbocycles. The van der Waals surface area contributed by atoms with Gasteiger partial charge in [-0.2, -0.15) is 0 Å². The van der Waals surface area contributed by atoms with Crippen LogP contribution in [0.5, 0.6) is 0 Å². The smallest absolute Gasteiger partial charge is 0.223 e. The number of likely N-dealkylation sites (tertiary alicyclic amines) is 1. The minimum absolute atomic E-state index is 0.169. The highest BCUT2D eigenvalue weighted by atomic mass is 16.2. The van der Waals surface area contributed by atoms with Crippen LogP contribution in [0.3, 0.4) is 0 Å². The molecule has 1 aromatic carbocycles. The van der Waals surface area contributed by atoms with Gasteiger partial charge in [-0.1, -0.05) is 30.7 Å². The minimum Gasteiger partial charge on any atom is -0.336 e. The standard InChI is InChI=1S/C15H22N2O/c1-12(14-8-6-13(11-16)7-9-14)17-10-4-2-3-5-15(17)18/h6-9,12H,2-5,10-11,16H2,1H3. The normalized spacial score (nSPS) is 18.6. The Bertz CT molecular complexity index is 399. The van der Waals surface area contributed by atoms with Gasteiger partial charge in [0.25, 0.3) is 0 Å². The molecule has 3 nitrogen and oxygen atoms in total. The average molecular weight is 246 g/mol. The number of carbonyl (C=O) groups excluding carboxylic acids is 1. The SMILES string of the molecule is CC(c1ccc(CN)cc1)N1CCCCCC1=O. The second kappa shape index (κ2) is 6.01. The number of hydrogen-bond donors (Lipinski definition) is 1. The topological polar surface area (TPSA) is 46.3 Å². The highest BCUT2D eigenvalue weighted by Gasteiger charge is 2.22. The van der Waals surface area contributed by atoms with Crippen LogP contribution in [0, 0.1) is 0 Å². The third-order valence-electron chi connectivity index (χ3n) is 3.78. The van der Waals surface area contributed by atoms with Gasteiger partial charge in [0.2, 0.25) is 5.91 Å². The number of carbonyl (C=O) groups is 1. The summed E-state index contributed by atoms with van der Waals surface area (Å²) in [6.45, 7) is 3.57. The molecule has 1 atom stereocenters. The summed E-state index contributed by atoms with van der Waals surface area (Å²) in [5, 5.41) is 0. The van der Waals surface area contributed by atoms with Gasteiger partial charge in [0, 0.05) is 19.5 Å². The highest BCUT2D eigenvalue weighted by Crippen LogP contribution is 2.24. The average Bonchev–Trinajstić information content (AvgIpc) is 2.63. The summed E-state index contributed by atoms with van der Waals surface area (Å²) in [5.41, 5.74) is 7.93. The van der Waals surface area contributed by atoms with Crippen molar-refractivity contribution < 1.29 is 4.79 Å². The predicted molar refractivity (Wildman–Crippen MR) is 72.9 cm³/mol. The summed E-state index contributed by atoms with van der Waals surface area (Å²) in [7, 11) is 0.